The zero-order valence-electron chi connectivity index (χ0n) is 20.9. The summed E-state index contributed by atoms with van der Waals surface area (Å²) in [5.41, 5.74) is 11.1. The summed E-state index contributed by atoms with van der Waals surface area (Å²) in [6.07, 6.45) is 3.41. The quantitative estimate of drug-likeness (QED) is 0.279. The van der Waals surface area contributed by atoms with Crippen molar-refractivity contribution in [1.29, 1.82) is 0 Å². The fourth-order valence-electron chi connectivity index (χ4n) is 4.30. The van der Waals surface area contributed by atoms with E-state index in [1.165, 1.54) is 0 Å². The van der Waals surface area contributed by atoms with Crippen molar-refractivity contribution in [3.8, 4) is 22.6 Å². The van der Waals surface area contributed by atoms with E-state index in [4.69, 9.17) is 15.3 Å². The van der Waals surface area contributed by atoms with Gasteiger partial charge in [0.25, 0.3) is 5.91 Å². The third kappa shape index (κ3) is 6.51. The lowest BCUT2D eigenvalue weighted by Crippen LogP contribution is -2.32. The minimum Gasteiger partial charge on any atom is -0.480 e. The average molecular weight is 498 g/mol. The molecule has 3 aromatic carbocycles. The molecule has 0 saturated carbocycles. The van der Waals surface area contributed by atoms with E-state index in [-0.39, 0.29) is 18.2 Å². The number of rotatable bonds is 10. The molecule has 2 atom stereocenters. The summed E-state index contributed by atoms with van der Waals surface area (Å²) in [6, 6.07) is 22.4. The lowest BCUT2D eigenvalue weighted by Gasteiger charge is -2.22. The highest BCUT2D eigenvalue weighted by Crippen LogP contribution is 2.29. The zero-order chi connectivity index (χ0) is 26.4. The summed E-state index contributed by atoms with van der Waals surface area (Å²) >= 11 is 0. The van der Waals surface area contributed by atoms with Gasteiger partial charge in [-0.1, -0.05) is 62.4 Å². The van der Waals surface area contributed by atoms with Gasteiger partial charge in [-0.25, -0.2) is 4.98 Å². The first-order valence-electron chi connectivity index (χ1n) is 12.3. The van der Waals surface area contributed by atoms with Crippen LogP contribution in [0, 0.1) is 5.92 Å². The molecule has 0 aliphatic rings. The van der Waals surface area contributed by atoms with Crippen LogP contribution >= 0.6 is 0 Å². The molecule has 0 fully saturated rings. The second kappa shape index (κ2) is 11.7. The number of benzene rings is 3. The third-order valence-corrected chi connectivity index (χ3v) is 6.49. The van der Waals surface area contributed by atoms with Crippen LogP contribution < -0.4 is 11.1 Å². The number of carbonyl (C=O) groups excluding carboxylic acids is 1. The van der Waals surface area contributed by atoms with Gasteiger partial charge in [0.1, 0.15) is 12.3 Å². The van der Waals surface area contributed by atoms with Gasteiger partial charge in [0.2, 0.25) is 5.89 Å². The number of carboxylic acids is 1. The van der Waals surface area contributed by atoms with Gasteiger partial charge in [-0.15, -0.1) is 0 Å². The van der Waals surface area contributed by atoms with Crippen molar-refractivity contribution in [2.24, 2.45) is 11.7 Å². The highest BCUT2D eigenvalue weighted by atomic mass is 16.4. The van der Waals surface area contributed by atoms with Gasteiger partial charge in [-0.3, -0.25) is 9.59 Å². The molecule has 37 heavy (non-hydrogen) atoms. The van der Waals surface area contributed by atoms with Gasteiger partial charge in [0.05, 0.1) is 6.20 Å². The Morgan fingerprint density at radius 1 is 0.973 bits per heavy atom. The van der Waals surface area contributed by atoms with Crippen LogP contribution in [-0.4, -0.2) is 34.6 Å². The van der Waals surface area contributed by atoms with E-state index in [1.807, 2.05) is 12.1 Å². The molecule has 4 aromatic rings. The number of oxazole rings is 1. The smallest absolute Gasteiger partial charge is 0.320 e. The van der Waals surface area contributed by atoms with Crippen LogP contribution in [0.4, 0.5) is 0 Å². The van der Waals surface area contributed by atoms with Crippen molar-refractivity contribution in [3.63, 3.8) is 0 Å². The highest BCUT2D eigenvalue weighted by Gasteiger charge is 2.18. The Kier molecular flexibility index (Phi) is 8.15. The number of amides is 1. The van der Waals surface area contributed by atoms with Gasteiger partial charge in [-0.2, -0.15) is 0 Å². The zero-order valence-corrected chi connectivity index (χ0v) is 20.9. The molecule has 1 unspecified atom stereocenters. The summed E-state index contributed by atoms with van der Waals surface area (Å²) in [5, 5.41) is 12.0. The molecular weight excluding hydrogens is 466 g/mol. The van der Waals surface area contributed by atoms with Gasteiger partial charge in [-0.05, 0) is 58.9 Å². The largest absolute Gasteiger partial charge is 0.480 e. The molecule has 7 heteroatoms. The Labute approximate surface area is 216 Å². The van der Waals surface area contributed by atoms with Crippen molar-refractivity contribution in [1.82, 2.24) is 10.3 Å². The van der Waals surface area contributed by atoms with E-state index in [1.54, 1.807) is 36.7 Å². The SMILES string of the molecule is CC(C)[C@@H](CNC(=O)c1ccc(CC(N)C(=O)O)cc1)c1ccc(-c2cccc(-c3ncco3)c2)cc1. The first-order valence-corrected chi connectivity index (χ1v) is 12.3. The van der Waals surface area contributed by atoms with Gasteiger partial charge < -0.3 is 20.6 Å². The Hall–Kier alpha value is -4.23. The van der Waals surface area contributed by atoms with Crippen molar-refractivity contribution in [2.45, 2.75) is 32.2 Å². The number of carboxylic acid groups (broad SMARTS) is 1. The maximum absolute atomic E-state index is 12.8. The van der Waals surface area contributed by atoms with Gasteiger partial charge in [0.15, 0.2) is 0 Å². The summed E-state index contributed by atoms with van der Waals surface area (Å²) in [7, 11) is 0. The molecule has 7 nitrogen and oxygen atoms in total. The monoisotopic (exact) mass is 497 g/mol. The number of nitrogens with zero attached hydrogens (tertiary/aromatic N) is 1. The Bertz CT molecular complexity index is 1330. The molecule has 4 rings (SSSR count). The number of nitrogens with one attached hydrogen (secondary N) is 1. The first kappa shape index (κ1) is 25.9. The van der Waals surface area contributed by atoms with E-state index in [0.717, 1.165) is 27.8 Å². The molecule has 1 aromatic heterocycles. The fourth-order valence-corrected chi connectivity index (χ4v) is 4.30. The average Bonchev–Trinajstić information content (AvgIpc) is 3.44. The topological polar surface area (TPSA) is 118 Å². The molecule has 0 bridgehead atoms. The Morgan fingerprint density at radius 3 is 2.30 bits per heavy atom. The number of carbonyl (C=O) groups is 2. The standard InChI is InChI=1S/C30H31N3O4/c1-19(2)26(18-33-28(34)23-8-6-20(7-9-23)16-27(31)30(35)36)22-12-10-21(11-13-22)24-4-3-5-25(17-24)29-32-14-15-37-29/h3-15,17,19,26-27H,16,18,31H2,1-2H3,(H,33,34)(H,35,36)/t26-,27?/m1/s1. The lowest BCUT2D eigenvalue weighted by molar-refractivity contribution is -0.138. The predicted molar refractivity (Wildman–Crippen MR) is 143 cm³/mol. The van der Waals surface area contributed by atoms with Crippen LogP contribution in [0.25, 0.3) is 22.6 Å². The van der Waals surface area contributed by atoms with Crippen molar-refractivity contribution in [3.05, 3.63) is 102 Å². The van der Waals surface area contributed by atoms with Crippen molar-refractivity contribution in [2.75, 3.05) is 6.54 Å². The molecule has 0 aliphatic heterocycles. The molecule has 190 valence electrons. The maximum Gasteiger partial charge on any atom is 0.320 e. The normalized spacial score (nSPS) is 12.8. The number of hydrogen-bond acceptors (Lipinski definition) is 5. The van der Waals surface area contributed by atoms with E-state index in [0.29, 0.717) is 23.9 Å². The second-order valence-corrected chi connectivity index (χ2v) is 9.45. The Balaban J connectivity index is 1.41. The maximum atomic E-state index is 12.8. The van der Waals surface area contributed by atoms with Crippen LogP contribution in [0.5, 0.6) is 0 Å². The highest BCUT2D eigenvalue weighted by molar-refractivity contribution is 5.94. The second-order valence-electron chi connectivity index (χ2n) is 9.45. The van der Waals surface area contributed by atoms with Gasteiger partial charge >= 0.3 is 5.97 Å². The summed E-state index contributed by atoms with van der Waals surface area (Å²) < 4.78 is 5.42. The minimum atomic E-state index is -1.05. The molecule has 0 radical (unpaired) electrons. The molecule has 1 amide bonds. The third-order valence-electron chi connectivity index (χ3n) is 6.49. The number of aliphatic carboxylic acids is 1. The van der Waals surface area contributed by atoms with E-state index in [2.05, 4.69) is 60.5 Å². The predicted octanol–water partition coefficient (Wildman–Crippen LogP) is 5.13. The Morgan fingerprint density at radius 2 is 1.68 bits per heavy atom. The molecule has 0 saturated heterocycles. The van der Waals surface area contributed by atoms with E-state index >= 15 is 0 Å². The van der Waals surface area contributed by atoms with Crippen LogP contribution in [0.2, 0.25) is 0 Å². The fraction of sp³-hybridized carbons (Fsp3) is 0.233. The molecular formula is C30H31N3O4. The van der Waals surface area contributed by atoms with Crippen LogP contribution in [-0.2, 0) is 11.2 Å². The summed E-state index contributed by atoms with van der Waals surface area (Å²) in [5.74, 6) is -0.162. The molecule has 0 aliphatic carbocycles. The van der Waals surface area contributed by atoms with E-state index < -0.39 is 12.0 Å². The molecule has 4 N–H and O–H groups in total. The van der Waals surface area contributed by atoms with Crippen molar-refractivity contribution >= 4 is 11.9 Å². The van der Waals surface area contributed by atoms with Crippen LogP contribution in [0.3, 0.4) is 0 Å². The number of aromatic nitrogens is 1. The molecule has 1 heterocycles. The number of nitrogens with two attached hydrogens (primary N) is 1. The first-order chi connectivity index (χ1) is 17.8. The van der Waals surface area contributed by atoms with Crippen molar-refractivity contribution < 1.29 is 19.1 Å². The number of hydrogen-bond donors (Lipinski definition) is 3. The van der Waals surface area contributed by atoms with Crippen LogP contribution in [0.15, 0.2) is 89.7 Å². The summed E-state index contributed by atoms with van der Waals surface area (Å²) in [6.45, 7) is 4.79. The minimum absolute atomic E-state index is 0.143. The summed E-state index contributed by atoms with van der Waals surface area (Å²) in [4.78, 5) is 28.0. The van der Waals surface area contributed by atoms with Gasteiger partial charge in [0, 0.05) is 23.6 Å². The van der Waals surface area contributed by atoms with Crippen LogP contribution in [0.1, 0.15) is 41.3 Å². The lowest BCUT2D eigenvalue weighted by atomic mass is 9.87. The molecule has 0 spiro atoms. The van der Waals surface area contributed by atoms with E-state index in [9.17, 15) is 9.59 Å².